The summed E-state index contributed by atoms with van der Waals surface area (Å²) in [6.45, 7) is 3.80. The topological polar surface area (TPSA) is 29.1 Å². The molecule has 0 heterocycles. The zero-order valence-corrected chi connectivity index (χ0v) is 16.1. The van der Waals surface area contributed by atoms with E-state index in [0.29, 0.717) is 20.6 Å². The van der Waals surface area contributed by atoms with Crippen LogP contribution in [0, 0.1) is 13.8 Å². The molecule has 0 radical (unpaired) electrons. The second-order valence-corrected chi connectivity index (χ2v) is 8.79. The molecule has 2 aromatic rings. The Kier molecular flexibility index (Phi) is 6.15. The Balaban J connectivity index is 2.20. The minimum Gasteiger partial charge on any atom is -0.322 e. The smallest absolute Gasteiger partial charge is 0.271 e. The van der Waals surface area contributed by atoms with E-state index in [9.17, 15) is 4.79 Å². The van der Waals surface area contributed by atoms with Crippen molar-refractivity contribution in [3.05, 3.63) is 57.6 Å². The molecule has 1 amide bonds. The molecule has 0 aliphatic rings. The van der Waals surface area contributed by atoms with Crippen molar-refractivity contribution >= 4 is 69.8 Å². The van der Waals surface area contributed by atoms with Gasteiger partial charge in [0.15, 0.2) is 0 Å². The SMILES string of the molecule is Cc1cccc(C)c1NC(=O)C(Cl)(Cl)Sc1ccc(Cl)cc1Cl. The van der Waals surface area contributed by atoms with Crippen LogP contribution in [0.1, 0.15) is 11.1 Å². The molecule has 0 saturated carbocycles. The van der Waals surface area contributed by atoms with Gasteiger partial charge in [0.05, 0.1) is 5.02 Å². The summed E-state index contributed by atoms with van der Waals surface area (Å²) in [4.78, 5) is 13.0. The third-order valence-corrected chi connectivity index (χ3v) is 5.60. The molecule has 1 N–H and O–H groups in total. The maximum absolute atomic E-state index is 12.5. The van der Waals surface area contributed by atoms with Crippen molar-refractivity contribution in [1.29, 1.82) is 0 Å². The summed E-state index contributed by atoms with van der Waals surface area (Å²) in [7, 11) is 0. The van der Waals surface area contributed by atoms with Crippen molar-refractivity contribution in [2.75, 3.05) is 5.32 Å². The van der Waals surface area contributed by atoms with Gasteiger partial charge in [0, 0.05) is 15.6 Å². The lowest BCUT2D eigenvalue weighted by Gasteiger charge is -2.20. The van der Waals surface area contributed by atoms with E-state index >= 15 is 0 Å². The summed E-state index contributed by atoms with van der Waals surface area (Å²) in [6.07, 6.45) is 0. The number of carbonyl (C=O) groups excluding carboxylic acids is 1. The van der Waals surface area contributed by atoms with Crippen LogP contribution in [0.3, 0.4) is 0 Å². The number of benzene rings is 2. The number of nitrogens with one attached hydrogen (secondary N) is 1. The van der Waals surface area contributed by atoms with E-state index in [1.165, 1.54) is 0 Å². The van der Waals surface area contributed by atoms with Crippen LogP contribution >= 0.6 is 58.2 Å². The van der Waals surface area contributed by atoms with E-state index in [1.54, 1.807) is 18.2 Å². The summed E-state index contributed by atoms with van der Waals surface area (Å²) in [5.41, 5.74) is 2.56. The van der Waals surface area contributed by atoms with Crippen LogP contribution in [0.15, 0.2) is 41.3 Å². The number of rotatable bonds is 4. The lowest BCUT2D eigenvalue weighted by Crippen LogP contribution is -2.30. The lowest BCUT2D eigenvalue weighted by molar-refractivity contribution is -0.115. The Labute approximate surface area is 159 Å². The molecule has 2 rings (SSSR count). The number of para-hydroxylation sites is 1. The molecule has 0 aliphatic heterocycles. The van der Waals surface area contributed by atoms with Gasteiger partial charge in [-0.2, -0.15) is 0 Å². The molecule has 0 saturated heterocycles. The van der Waals surface area contributed by atoms with Crippen LogP contribution in [0.5, 0.6) is 0 Å². The second-order valence-electron chi connectivity index (χ2n) is 4.91. The van der Waals surface area contributed by atoms with Gasteiger partial charge in [-0.1, -0.05) is 76.4 Å². The summed E-state index contributed by atoms with van der Waals surface area (Å²) in [5.74, 6) is -0.533. The van der Waals surface area contributed by atoms with E-state index in [1.807, 2.05) is 32.0 Å². The first kappa shape index (κ1) is 18.8. The zero-order chi connectivity index (χ0) is 17.2. The number of hydrogen-bond acceptors (Lipinski definition) is 2. The number of hydrogen-bond donors (Lipinski definition) is 1. The number of amides is 1. The number of carbonyl (C=O) groups is 1. The van der Waals surface area contributed by atoms with Crippen LogP contribution in [-0.2, 0) is 4.79 Å². The van der Waals surface area contributed by atoms with Crippen molar-refractivity contribution in [2.45, 2.75) is 22.4 Å². The summed E-state index contributed by atoms with van der Waals surface area (Å²) in [5, 5.41) is 3.65. The van der Waals surface area contributed by atoms with Gasteiger partial charge in [-0.25, -0.2) is 0 Å². The van der Waals surface area contributed by atoms with Gasteiger partial charge in [0.25, 0.3) is 5.91 Å². The Morgan fingerprint density at radius 2 is 1.70 bits per heavy atom. The molecule has 0 spiro atoms. The van der Waals surface area contributed by atoms with E-state index in [0.717, 1.165) is 22.9 Å². The monoisotopic (exact) mass is 407 g/mol. The van der Waals surface area contributed by atoms with E-state index < -0.39 is 9.57 Å². The molecule has 2 aromatic carbocycles. The van der Waals surface area contributed by atoms with E-state index in [4.69, 9.17) is 46.4 Å². The fourth-order valence-corrected chi connectivity index (χ4v) is 3.77. The first-order valence-corrected chi connectivity index (χ1v) is 8.93. The normalized spacial score (nSPS) is 11.4. The zero-order valence-electron chi connectivity index (χ0n) is 12.3. The van der Waals surface area contributed by atoms with Crippen LogP contribution in [0.4, 0.5) is 5.69 Å². The number of thioether (sulfide) groups is 1. The highest BCUT2D eigenvalue weighted by atomic mass is 35.5. The highest BCUT2D eigenvalue weighted by Gasteiger charge is 2.36. The molecule has 23 heavy (non-hydrogen) atoms. The minimum absolute atomic E-state index is 0.382. The molecule has 0 fully saturated rings. The minimum atomic E-state index is -1.73. The van der Waals surface area contributed by atoms with Crippen molar-refractivity contribution in [1.82, 2.24) is 0 Å². The Morgan fingerprint density at radius 3 is 2.26 bits per heavy atom. The predicted molar refractivity (Wildman–Crippen MR) is 101 cm³/mol. The van der Waals surface area contributed by atoms with Gasteiger partial charge < -0.3 is 5.32 Å². The van der Waals surface area contributed by atoms with Crippen molar-refractivity contribution in [2.24, 2.45) is 0 Å². The largest absolute Gasteiger partial charge is 0.322 e. The molecule has 0 unspecified atom stereocenters. The molecular formula is C16H13Cl4NOS. The maximum Gasteiger partial charge on any atom is 0.271 e. The molecule has 0 aromatic heterocycles. The van der Waals surface area contributed by atoms with E-state index in [2.05, 4.69) is 5.32 Å². The van der Waals surface area contributed by atoms with Gasteiger partial charge in [-0.3, -0.25) is 4.79 Å². The molecule has 0 aliphatic carbocycles. The fourth-order valence-electron chi connectivity index (χ4n) is 1.94. The first-order valence-electron chi connectivity index (χ1n) is 6.60. The molecule has 0 bridgehead atoms. The molecule has 0 atom stereocenters. The van der Waals surface area contributed by atoms with Crippen LogP contribution in [0.25, 0.3) is 0 Å². The average molecular weight is 409 g/mol. The van der Waals surface area contributed by atoms with Crippen molar-refractivity contribution in [3.63, 3.8) is 0 Å². The molecule has 7 heteroatoms. The fraction of sp³-hybridized carbons (Fsp3) is 0.188. The molecular weight excluding hydrogens is 396 g/mol. The Bertz CT molecular complexity index is 729. The van der Waals surface area contributed by atoms with Gasteiger partial charge in [-0.15, -0.1) is 0 Å². The third kappa shape index (κ3) is 4.71. The number of halogens is 4. The Hall–Kier alpha value is -0.580. The van der Waals surface area contributed by atoms with Crippen molar-refractivity contribution in [3.8, 4) is 0 Å². The first-order chi connectivity index (χ1) is 10.7. The number of anilines is 1. The highest BCUT2D eigenvalue weighted by Crippen LogP contribution is 2.44. The molecule has 2 nitrogen and oxygen atoms in total. The Morgan fingerprint density at radius 1 is 1.09 bits per heavy atom. The summed E-state index contributed by atoms with van der Waals surface area (Å²) in [6, 6.07) is 10.6. The molecule has 122 valence electrons. The maximum atomic E-state index is 12.5. The lowest BCUT2D eigenvalue weighted by atomic mass is 10.1. The standard InChI is InChI=1S/C16H13Cl4NOS/c1-9-4-3-5-10(2)14(9)21-15(22)16(19,20)23-13-7-6-11(17)8-12(13)18/h3-8H,1-2H3,(H,21,22). The number of alkyl halides is 2. The third-order valence-electron chi connectivity index (χ3n) is 3.12. The number of aryl methyl sites for hydroxylation is 2. The van der Waals surface area contributed by atoms with Crippen molar-refractivity contribution < 1.29 is 4.79 Å². The van der Waals surface area contributed by atoms with Gasteiger partial charge >= 0.3 is 0 Å². The average Bonchev–Trinajstić information content (AvgIpc) is 2.46. The van der Waals surface area contributed by atoms with Crippen LogP contribution in [-0.4, -0.2) is 9.57 Å². The summed E-state index contributed by atoms with van der Waals surface area (Å²) < 4.78 is -1.73. The summed E-state index contributed by atoms with van der Waals surface area (Å²) >= 11 is 25.3. The van der Waals surface area contributed by atoms with Crippen LogP contribution in [0.2, 0.25) is 10.0 Å². The van der Waals surface area contributed by atoms with E-state index in [-0.39, 0.29) is 0 Å². The van der Waals surface area contributed by atoms with Gasteiger partial charge in [0.1, 0.15) is 0 Å². The predicted octanol–water partition coefficient (Wildman–Crippen LogP) is 6.47. The highest BCUT2D eigenvalue weighted by molar-refractivity contribution is 8.04. The van der Waals surface area contributed by atoms with Crippen LogP contribution < -0.4 is 5.32 Å². The quantitative estimate of drug-likeness (QED) is 0.463. The van der Waals surface area contributed by atoms with Gasteiger partial charge in [0.2, 0.25) is 3.67 Å². The van der Waals surface area contributed by atoms with Gasteiger partial charge in [-0.05, 0) is 43.2 Å². The second kappa shape index (κ2) is 7.54.